The number of rotatable bonds is 1. The molecule has 4 N–H and O–H groups in total. The van der Waals surface area contributed by atoms with Crippen molar-refractivity contribution in [3.63, 3.8) is 0 Å². The molecule has 64 valence electrons. The molecule has 1 atom stereocenters. The molecule has 1 aliphatic carbocycles. The molecule has 0 saturated heterocycles. The van der Waals surface area contributed by atoms with Gasteiger partial charge in [-0.3, -0.25) is 0 Å². The molecule has 0 radical (unpaired) electrons. The molecule has 1 aliphatic rings. The standard InChI is InChI=1S/C9H11NO2/c10-4-6-1-5-2-8(11)9(12)3-7(5)6/h2-3,6,11-12H,1,4,10H2/t6-/m1/s1. The van der Waals surface area contributed by atoms with Crippen molar-refractivity contribution in [1.29, 1.82) is 0 Å². The van der Waals surface area contributed by atoms with Crippen molar-refractivity contribution in [2.24, 2.45) is 5.73 Å². The van der Waals surface area contributed by atoms with Crippen molar-refractivity contribution >= 4 is 0 Å². The SMILES string of the molecule is NC[C@H]1Cc2cc(O)c(O)cc21. The summed E-state index contributed by atoms with van der Waals surface area (Å²) in [6, 6.07) is 3.21. The molecule has 0 bridgehead atoms. The van der Waals surface area contributed by atoms with Crippen LogP contribution in [-0.4, -0.2) is 16.8 Å². The van der Waals surface area contributed by atoms with Gasteiger partial charge in [-0.25, -0.2) is 0 Å². The smallest absolute Gasteiger partial charge is 0.157 e. The van der Waals surface area contributed by atoms with E-state index in [0.717, 1.165) is 17.5 Å². The zero-order valence-electron chi connectivity index (χ0n) is 6.62. The van der Waals surface area contributed by atoms with Crippen LogP contribution >= 0.6 is 0 Å². The molecule has 1 aromatic rings. The highest BCUT2D eigenvalue weighted by molar-refractivity contribution is 5.51. The molecule has 0 amide bonds. The van der Waals surface area contributed by atoms with E-state index < -0.39 is 0 Å². The van der Waals surface area contributed by atoms with Crippen molar-refractivity contribution in [3.05, 3.63) is 23.3 Å². The van der Waals surface area contributed by atoms with E-state index in [2.05, 4.69) is 0 Å². The highest BCUT2D eigenvalue weighted by Gasteiger charge is 2.26. The summed E-state index contributed by atoms with van der Waals surface area (Å²) in [6.07, 6.45) is 0.916. The number of phenols is 2. The second-order valence-electron chi connectivity index (χ2n) is 3.18. The first-order valence-corrected chi connectivity index (χ1v) is 3.97. The Kier molecular flexibility index (Phi) is 1.48. The zero-order chi connectivity index (χ0) is 8.72. The van der Waals surface area contributed by atoms with Crippen molar-refractivity contribution in [2.75, 3.05) is 6.54 Å². The van der Waals surface area contributed by atoms with Gasteiger partial charge in [0.25, 0.3) is 0 Å². The van der Waals surface area contributed by atoms with Gasteiger partial charge in [0.1, 0.15) is 0 Å². The molecule has 0 saturated carbocycles. The molecular weight excluding hydrogens is 154 g/mol. The third-order valence-electron chi connectivity index (χ3n) is 2.43. The maximum Gasteiger partial charge on any atom is 0.157 e. The molecule has 3 heteroatoms. The molecule has 2 rings (SSSR count). The minimum Gasteiger partial charge on any atom is -0.504 e. The first kappa shape index (κ1) is 7.43. The number of nitrogens with two attached hydrogens (primary N) is 1. The van der Waals surface area contributed by atoms with Crippen LogP contribution in [0.1, 0.15) is 17.0 Å². The van der Waals surface area contributed by atoms with Gasteiger partial charge in [0.15, 0.2) is 11.5 Å². The van der Waals surface area contributed by atoms with E-state index in [1.54, 1.807) is 12.1 Å². The lowest BCUT2D eigenvalue weighted by molar-refractivity contribution is 0.399. The second kappa shape index (κ2) is 2.38. The second-order valence-corrected chi connectivity index (χ2v) is 3.18. The molecule has 3 nitrogen and oxygen atoms in total. The Balaban J connectivity index is 2.42. The molecule has 0 heterocycles. The fraction of sp³-hybridized carbons (Fsp3) is 0.333. The van der Waals surface area contributed by atoms with E-state index >= 15 is 0 Å². The van der Waals surface area contributed by atoms with Crippen LogP contribution < -0.4 is 5.73 Å². The fourth-order valence-corrected chi connectivity index (χ4v) is 1.65. The lowest BCUT2D eigenvalue weighted by Gasteiger charge is -2.29. The summed E-state index contributed by atoms with van der Waals surface area (Å²) in [6.45, 7) is 0.608. The summed E-state index contributed by atoms with van der Waals surface area (Å²) >= 11 is 0. The molecule has 0 aromatic heterocycles. The molecular formula is C9H11NO2. The van der Waals surface area contributed by atoms with Gasteiger partial charge in [0.05, 0.1) is 0 Å². The Labute approximate surface area is 70.4 Å². The number of hydrogen-bond acceptors (Lipinski definition) is 3. The normalized spacial score (nSPS) is 19.9. The van der Waals surface area contributed by atoms with Gasteiger partial charge in [-0.1, -0.05) is 0 Å². The van der Waals surface area contributed by atoms with E-state index in [0.29, 0.717) is 12.5 Å². The van der Waals surface area contributed by atoms with E-state index in [1.807, 2.05) is 0 Å². The Hall–Kier alpha value is -1.22. The van der Waals surface area contributed by atoms with E-state index in [1.165, 1.54) is 0 Å². The molecule has 0 aliphatic heterocycles. The topological polar surface area (TPSA) is 66.5 Å². The Morgan fingerprint density at radius 1 is 1.33 bits per heavy atom. The van der Waals surface area contributed by atoms with Gasteiger partial charge < -0.3 is 15.9 Å². The first-order valence-electron chi connectivity index (χ1n) is 3.97. The summed E-state index contributed by atoms with van der Waals surface area (Å²) in [4.78, 5) is 0. The highest BCUT2D eigenvalue weighted by atomic mass is 16.3. The van der Waals surface area contributed by atoms with Crippen molar-refractivity contribution < 1.29 is 10.2 Å². The third-order valence-corrected chi connectivity index (χ3v) is 2.43. The molecule has 0 spiro atoms. The van der Waals surface area contributed by atoms with Crippen LogP contribution in [0.3, 0.4) is 0 Å². The zero-order valence-corrected chi connectivity index (χ0v) is 6.62. The minimum atomic E-state index is -0.0492. The third kappa shape index (κ3) is 0.865. The van der Waals surface area contributed by atoms with Crippen molar-refractivity contribution in [3.8, 4) is 11.5 Å². The Morgan fingerprint density at radius 3 is 2.67 bits per heavy atom. The predicted molar refractivity (Wildman–Crippen MR) is 45.3 cm³/mol. The molecule has 0 fully saturated rings. The molecule has 12 heavy (non-hydrogen) atoms. The largest absolute Gasteiger partial charge is 0.504 e. The number of benzene rings is 1. The average Bonchev–Trinajstić information content (AvgIpc) is 2.04. The Morgan fingerprint density at radius 2 is 2.00 bits per heavy atom. The van der Waals surface area contributed by atoms with Crippen molar-refractivity contribution in [1.82, 2.24) is 0 Å². The molecule has 1 aromatic carbocycles. The maximum atomic E-state index is 9.18. The maximum absolute atomic E-state index is 9.18. The monoisotopic (exact) mass is 165 g/mol. The van der Waals surface area contributed by atoms with Gasteiger partial charge in [-0.05, 0) is 36.2 Å². The fourth-order valence-electron chi connectivity index (χ4n) is 1.65. The lowest BCUT2D eigenvalue weighted by Crippen LogP contribution is -2.24. The summed E-state index contributed by atoms with van der Waals surface area (Å²) in [5, 5.41) is 18.3. The van der Waals surface area contributed by atoms with Crippen LogP contribution in [-0.2, 0) is 6.42 Å². The highest BCUT2D eigenvalue weighted by Crippen LogP contribution is 2.40. The van der Waals surface area contributed by atoms with Crippen LogP contribution in [0.25, 0.3) is 0 Å². The summed E-state index contributed by atoms with van der Waals surface area (Å²) in [5.74, 6) is 0.280. The van der Waals surface area contributed by atoms with Crippen LogP contribution in [0.15, 0.2) is 12.1 Å². The number of hydrogen-bond donors (Lipinski definition) is 3. The average molecular weight is 165 g/mol. The number of phenolic OH excluding ortho intramolecular Hbond substituents is 2. The van der Waals surface area contributed by atoms with E-state index in [-0.39, 0.29) is 11.5 Å². The number of fused-ring (bicyclic) bond motifs is 1. The minimum absolute atomic E-state index is 0.0378. The summed E-state index contributed by atoms with van der Waals surface area (Å²) < 4.78 is 0. The van der Waals surface area contributed by atoms with Crippen LogP contribution in [0.4, 0.5) is 0 Å². The lowest BCUT2D eigenvalue weighted by atomic mass is 9.77. The molecule has 0 unspecified atom stereocenters. The van der Waals surface area contributed by atoms with E-state index in [9.17, 15) is 5.11 Å². The van der Waals surface area contributed by atoms with Crippen LogP contribution in [0.2, 0.25) is 0 Å². The van der Waals surface area contributed by atoms with Crippen LogP contribution in [0, 0.1) is 0 Å². The summed E-state index contributed by atoms with van der Waals surface area (Å²) in [7, 11) is 0. The van der Waals surface area contributed by atoms with Crippen LogP contribution in [0.5, 0.6) is 11.5 Å². The van der Waals surface area contributed by atoms with Crippen molar-refractivity contribution in [2.45, 2.75) is 12.3 Å². The van der Waals surface area contributed by atoms with E-state index in [4.69, 9.17) is 10.8 Å². The van der Waals surface area contributed by atoms with Gasteiger partial charge >= 0.3 is 0 Å². The first-order chi connectivity index (χ1) is 5.72. The van der Waals surface area contributed by atoms with Gasteiger partial charge in [-0.2, -0.15) is 0 Å². The van der Waals surface area contributed by atoms with Gasteiger partial charge in [0, 0.05) is 5.92 Å². The quantitative estimate of drug-likeness (QED) is 0.536. The Bertz CT molecular complexity index is 323. The predicted octanol–water partition coefficient (Wildman–Crippen LogP) is 0.696. The van der Waals surface area contributed by atoms with Gasteiger partial charge in [-0.15, -0.1) is 0 Å². The number of aromatic hydroxyl groups is 2. The summed E-state index contributed by atoms with van der Waals surface area (Å²) in [5.41, 5.74) is 7.67. The van der Waals surface area contributed by atoms with Gasteiger partial charge in [0.2, 0.25) is 0 Å².